The molecule has 1 atom stereocenters. The fourth-order valence-corrected chi connectivity index (χ4v) is 5.16. The van der Waals surface area contributed by atoms with E-state index in [-0.39, 0.29) is 23.1 Å². The van der Waals surface area contributed by atoms with Gasteiger partial charge in [-0.15, -0.1) is 11.3 Å². The number of aromatic amines is 1. The summed E-state index contributed by atoms with van der Waals surface area (Å²) in [5.41, 5.74) is 3.03. The Morgan fingerprint density at radius 2 is 1.90 bits per heavy atom. The molecule has 6 heteroatoms. The summed E-state index contributed by atoms with van der Waals surface area (Å²) in [5, 5.41) is 6.01. The van der Waals surface area contributed by atoms with E-state index in [1.807, 2.05) is 53.8 Å². The molecular weight excluding hydrogens is 406 g/mol. The first-order valence-corrected chi connectivity index (χ1v) is 11.3. The van der Waals surface area contributed by atoms with Crippen molar-refractivity contribution in [3.8, 4) is 0 Å². The highest BCUT2D eigenvalue weighted by Gasteiger charge is 2.26. The van der Waals surface area contributed by atoms with Crippen LogP contribution in [0.2, 0.25) is 0 Å². The maximum atomic E-state index is 12.9. The molecule has 0 unspecified atom stereocenters. The molecule has 3 heterocycles. The van der Waals surface area contributed by atoms with Crippen LogP contribution in [0.4, 0.5) is 0 Å². The largest absolute Gasteiger partial charge is 0.350 e. The minimum absolute atomic E-state index is 0.0396. The van der Waals surface area contributed by atoms with Gasteiger partial charge < -0.3 is 10.3 Å². The lowest BCUT2D eigenvalue weighted by Gasteiger charge is -2.35. The van der Waals surface area contributed by atoms with E-state index < -0.39 is 0 Å². The minimum Gasteiger partial charge on any atom is -0.350 e. The second-order valence-electron chi connectivity index (χ2n) is 7.83. The van der Waals surface area contributed by atoms with E-state index >= 15 is 0 Å². The maximum Gasteiger partial charge on any atom is 0.261 e. The second kappa shape index (κ2) is 8.49. The third kappa shape index (κ3) is 4.04. The smallest absolute Gasteiger partial charge is 0.261 e. The molecule has 0 saturated heterocycles. The molecule has 0 saturated carbocycles. The number of fused-ring (bicyclic) bond motifs is 2. The summed E-state index contributed by atoms with van der Waals surface area (Å²) >= 11 is 1.82. The summed E-state index contributed by atoms with van der Waals surface area (Å²) < 4.78 is 0. The summed E-state index contributed by atoms with van der Waals surface area (Å²) in [4.78, 5) is 32.1. The third-order valence-corrected chi connectivity index (χ3v) is 6.94. The van der Waals surface area contributed by atoms with E-state index in [1.165, 1.54) is 10.4 Å². The fourth-order valence-electron chi connectivity index (χ4n) is 4.27. The average molecular weight is 430 g/mol. The van der Waals surface area contributed by atoms with Crippen molar-refractivity contribution >= 4 is 28.1 Å². The van der Waals surface area contributed by atoms with E-state index in [9.17, 15) is 9.59 Å². The third-order valence-electron chi connectivity index (χ3n) is 5.92. The van der Waals surface area contributed by atoms with E-state index in [4.69, 9.17) is 0 Å². The van der Waals surface area contributed by atoms with Crippen LogP contribution in [0, 0.1) is 0 Å². The Labute approximate surface area is 184 Å². The number of nitrogens with one attached hydrogen (secondary N) is 2. The van der Waals surface area contributed by atoms with Crippen molar-refractivity contribution in [3.05, 3.63) is 104 Å². The van der Waals surface area contributed by atoms with Crippen LogP contribution in [0.1, 0.15) is 32.4 Å². The molecule has 1 aliphatic heterocycles. The van der Waals surface area contributed by atoms with Crippen LogP contribution < -0.4 is 10.9 Å². The Balaban J connectivity index is 1.38. The van der Waals surface area contributed by atoms with Crippen molar-refractivity contribution in [2.45, 2.75) is 19.0 Å². The summed E-state index contributed by atoms with van der Waals surface area (Å²) in [7, 11) is 0. The number of carbonyl (C=O) groups excluding carboxylic acids is 1. The number of thiophene rings is 1. The topological polar surface area (TPSA) is 65.2 Å². The summed E-state index contributed by atoms with van der Waals surface area (Å²) in [6.45, 7) is 2.25. The van der Waals surface area contributed by atoms with Crippen molar-refractivity contribution < 1.29 is 4.79 Å². The molecule has 5 rings (SSSR count). The van der Waals surface area contributed by atoms with Crippen LogP contribution in [0.25, 0.3) is 10.9 Å². The Hall–Kier alpha value is -3.22. The monoisotopic (exact) mass is 429 g/mol. The molecule has 156 valence electrons. The van der Waals surface area contributed by atoms with Gasteiger partial charge in [0.15, 0.2) is 0 Å². The van der Waals surface area contributed by atoms with Gasteiger partial charge >= 0.3 is 0 Å². The van der Waals surface area contributed by atoms with Crippen molar-refractivity contribution in [2.75, 3.05) is 13.1 Å². The van der Waals surface area contributed by atoms with E-state index in [0.29, 0.717) is 6.54 Å². The van der Waals surface area contributed by atoms with Gasteiger partial charge in [0.2, 0.25) is 0 Å². The van der Waals surface area contributed by atoms with Gasteiger partial charge in [-0.3, -0.25) is 14.5 Å². The number of amides is 1. The lowest BCUT2D eigenvalue weighted by atomic mass is 10.0. The lowest BCUT2D eigenvalue weighted by Crippen LogP contribution is -2.41. The lowest BCUT2D eigenvalue weighted by molar-refractivity contribution is 0.0926. The summed E-state index contributed by atoms with van der Waals surface area (Å²) in [5.74, 6) is -0.346. The van der Waals surface area contributed by atoms with Gasteiger partial charge in [-0.05, 0) is 46.5 Å². The number of rotatable bonds is 5. The van der Waals surface area contributed by atoms with Crippen LogP contribution in [-0.4, -0.2) is 28.9 Å². The molecule has 5 nitrogen and oxygen atoms in total. The molecule has 2 aromatic carbocycles. The zero-order chi connectivity index (χ0) is 21.2. The normalized spacial score (nSPS) is 14.8. The van der Waals surface area contributed by atoms with Gasteiger partial charge in [0.25, 0.3) is 11.5 Å². The van der Waals surface area contributed by atoms with Crippen LogP contribution >= 0.6 is 11.3 Å². The zero-order valence-corrected chi connectivity index (χ0v) is 17.8. The highest BCUT2D eigenvalue weighted by atomic mass is 32.1. The number of pyridine rings is 1. The Kier molecular flexibility index (Phi) is 5.40. The highest BCUT2D eigenvalue weighted by Crippen LogP contribution is 2.30. The van der Waals surface area contributed by atoms with E-state index in [0.717, 1.165) is 36.0 Å². The van der Waals surface area contributed by atoms with Crippen molar-refractivity contribution in [1.82, 2.24) is 15.2 Å². The van der Waals surface area contributed by atoms with Gasteiger partial charge in [-0.2, -0.15) is 0 Å². The molecule has 0 fully saturated rings. The quantitative estimate of drug-likeness (QED) is 0.502. The number of hydrogen-bond acceptors (Lipinski definition) is 4. The molecule has 2 aromatic heterocycles. The minimum atomic E-state index is -0.367. The number of nitrogens with zero attached hydrogens (tertiary/aromatic N) is 1. The molecule has 4 aromatic rings. The molecule has 31 heavy (non-hydrogen) atoms. The van der Waals surface area contributed by atoms with Crippen LogP contribution in [0.5, 0.6) is 0 Å². The molecule has 0 bridgehead atoms. The van der Waals surface area contributed by atoms with Crippen molar-refractivity contribution in [3.63, 3.8) is 0 Å². The van der Waals surface area contributed by atoms with Crippen LogP contribution in [0.3, 0.4) is 0 Å². The molecule has 0 radical (unpaired) electrons. The number of para-hydroxylation sites is 1. The Bertz CT molecular complexity index is 1280. The molecule has 0 aliphatic carbocycles. The van der Waals surface area contributed by atoms with Gasteiger partial charge in [-0.25, -0.2) is 0 Å². The van der Waals surface area contributed by atoms with Crippen molar-refractivity contribution in [1.29, 1.82) is 0 Å². The standard InChI is InChI=1S/C25H23N3O2S/c29-24(20-14-18-8-4-5-9-21(18)27-25(20)30)26-15-22(17-6-2-1-3-7-17)28-12-10-23-19(16-28)11-13-31-23/h1-9,11,13-14,22H,10,12,15-16H2,(H,26,29)(H,27,30)/t22-/m1/s1. The zero-order valence-electron chi connectivity index (χ0n) is 17.0. The van der Waals surface area contributed by atoms with Gasteiger partial charge in [0.1, 0.15) is 5.56 Å². The van der Waals surface area contributed by atoms with Gasteiger partial charge in [0.05, 0.1) is 6.04 Å². The Morgan fingerprint density at radius 1 is 1.10 bits per heavy atom. The SMILES string of the molecule is O=C(NC[C@H](c1ccccc1)N1CCc2sccc2C1)c1cc2ccccc2[nH]c1=O. The fraction of sp³-hybridized carbons (Fsp3) is 0.200. The molecule has 2 N–H and O–H groups in total. The predicted molar refractivity (Wildman–Crippen MR) is 125 cm³/mol. The maximum absolute atomic E-state index is 12.9. The van der Waals surface area contributed by atoms with Crippen molar-refractivity contribution in [2.24, 2.45) is 0 Å². The van der Waals surface area contributed by atoms with E-state index in [2.05, 4.69) is 38.8 Å². The summed E-state index contributed by atoms with van der Waals surface area (Å²) in [6.07, 6.45) is 1.02. The van der Waals surface area contributed by atoms with Crippen LogP contribution in [-0.2, 0) is 13.0 Å². The number of benzene rings is 2. The van der Waals surface area contributed by atoms with Gasteiger partial charge in [0, 0.05) is 30.0 Å². The first kappa shape index (κ1) is 19.7. The first-order chi connectivity index (χ1) is 15.2. The average Bonchev–Trinajstić information content (AvgIpc) is 3.27. The number of hydrogen-bond donors (Lipinski definition) is 2. The number of aromatic nitrogens is 1. The van der Waals surface area contributed by atoms with E-state index in [1.54, 1.807) is 6.07 Å². The predicted octanol–water partition coefficient (Wildman–Crippen LogP) is 4.12. The first-order valence-electron chi connectivity index (χ1n) is 10.4. The molecular formula is C25H23N3O2S. The molecule has 1 amide bonds. The second-order valence-corrected chi connectivity index (χ2v) is 8.83. The number of carbonyl (C=O) groups is 1. The molecule has 0 spiro atoms. The van der Waals surface area contributed by atoms with Gasteiger partial charge in [-0.1, -0.05) is 48.5 Å². The summed E-state index contributed by atoms with van der Waals surface area (Å²) in [6, 6.07) is 21.6. The number of H-pyrrole nitrogens is 1. The Morgan fingerprint density at radius 3 is 2.77 bits per heavy atom. The highest BCUT2D eigenvalue weighted by molar-refractivity contribution is 7.10. The van der Waals surface area contributed by atoms with Crippen LogP contribution in [0.15, 0.2) is 76.9 Å². The molecule has 1 aliphatic rings.